The maximum Gasteiger partial charge on any atom is 0.0101 e. The second kappa shape index (κ2) is 6.24. The molecule has 0 aliphatic heterocycles. The molecule has 0 aliphatic rings. The molecule has 0 saturated carbocycles. The molecule has 2 atom stereocenters. The van der Waals surface area contributed by atoms with Crippen LogP contribution < -0.4 is 5.32 Å². The van der Waals surface area contributed by atoms with Gasteiger partial charge in [0, 0.05) is 12.5 Å². The monoisotopic (exact) mass is 153 g/mol. The maximum absolute atomic E-state index is 5.20. The molecule has 1 N–H and O–H groups in total. The van der Waals surface area contributed by atoms with Gasteiger partial charge in [0.1, 0.15) is 0 Å². The summed E-state index contributed by atoms with van der Waals surface area (Å²) in [6.45, 7) is 4.47. The van der Waals surface area contributed by atoms with E-state index in [-0.39, 0.29) is 0 Å². The van der Waals surface area contributed by atoms with Crippen molar-refractivity contribution in [1.82, 2.24) is 5.32 Å². The van der Waals surface area contributed by atoms with Gasteiger partial charge in [-0.25, -0.2) is 0 Å². The minimum absolute atomic E-state index is 0.594. The van der Waals surface area contributed by atoms with Crippen LogP contribution in [-0.2, 0) is 0 Å². The van der Waals surface area contributed by atoms with Gasteiger partial charge in [0.15, 0.2) is 0 Å². The summed E-state index contributed by atoms with van der Waals surface area (Å²) < 4.78 is 0. The number of rotatable bonds is 5. The third-order valence-corrected chi connectivity index (χ3v) is 2.30. The van der Waals surface area contributed by atoms with Gasteiger partial charge in [-0.3, -0.25) is 0 Å². The van der Waals surface area contributed by atoms with Crippen molar-refractivity contribution >= 4 is 0 Å². The zero-order valence-corrected chi connectivity index (χ0v) is 7.85. The number of terminal acetylenes is 1. The van der Waals surface area contributed by atoms with Crippen LogP contribution in [0.3, 0.4) is 0 Å². The minimum Gasteiger partial charge on any atom is -0.317 e. The van der Waals surface area contributed by atoms with E-state index in [0.717, 1.165) is 18.8 Å². The molecule has 1 nitrogen and oxygen atoms in total. The molecule has 0 fully saturated rings. The van der Waals surface area contributed by atoms with E-state index in [9.17, 15) is 0 Å². The molecule has 0 saturated heterocycles. The average molecular weight is 153 g/mol. The molecule has 11 heavy (non-hydrogen) atoms. The minimum atomic E-state index is 0.594. The Balaban J connectivity index is 3.67. The fourth-order valence-corrected chi connectivity index (χ4v) is 1.24. The van der Waals surface area contributed by atoms with Gasteiger partial charge in [-0.2, -0.15) is 0 Å². The lowest BCUT2D eigenvalue weighted by Crippen LogP contribution is -2.31. The highest BCUT2D eigenvalue weighted by Crippen LogP contribution is 2.11. The molecule has 0 bridgehead atoms. The molecule has 64 valence electrons. The smallest absolute Gasteiger partial charge is 0.0101 e. The van der Waals surface area contributed by atoms with Crippen LogP contribution in [0.2, 0.25) is 0 Å². The van der Waals surface area contributed by atoms with Gasteiger partial charge in [-0.1, -0.05) is 20.3 Å². The highest BCUT2D eigenvalue weighted by Gasteiger charge is 2.11. The second-order valence-corrected chi connectivity index (χ2v) is 3.02. The largest absolute Gasteiger partial charge is 0.317 e. The van der Waals surface area contributed by atoms with Gasteiger partial charge >= 0.3 is 0 Å². The van der Waals surface area contributed by atoms with Gasteiger partial charge in [-0.15, -0.1) is 12.3 Å². The SMILES string of the molecule is C#CCCC(NC)C(C)CC. The molecule has 0 spiro atoms. The lowest BCUT2D eigenvalue weighted by molar-refractivity contribution is 0.372. The molecule has 0 aromatic heterocycles. The van der Waals surface area contributed by atoms with Crippen LogP contribution in [0, 0.1) is 18.3 Å². The predicted molar refractivity (Wildman–Crippen MR) is 50.4 cm³/mol. The molecule has 0 aliphatic carbocycles. The number of nitrogens with one attached hydrogen (secondary N) is 1. The number of hydrogen-bond acceptors (Lipinski definition) is 1. The van der Waals surface area contributed by atoms with E-state index in [1.165, 1.54) is 6.42 Å². The standard InChI is InChI=1S/C10H19N/c1-5-7-8-10(11-4)9(3)6-2/h1,9-11H,6-8H2,2-4H3. The predicted octanol–water partition coefficient (Wildman–Crippen LogP) is 2.03. The van der Waals surface area contributed by atoms with Crippen molar-refractivity contribution in [2.24, 2.45) is 5.92 Å². The molecule has 0 rings (SSSR count). The van der Waals surface area contributed by atoms with E-state index in [0.29, 0.717) is 6.04 Å². The summed E-state index contributed by atoms with van der Waals surface area (Å²) in [6, 6.07) is 0.594. The molecule has 0 aromatic rings. The van der Waals surface area contributed by atoms with Crippen molar-refractivity contribution < 1.29 is 0 Å². The molecule has 0 radical (unpaired) electrons. The normalized spacial score (nSPS) is 15.5. The highest BCUT2D eigenvalue weighted by molar-refractivity contribution is 4.86. The summed E-state index contributed by atoms with van der Waals surface area (Å²) in [6.07, 6.45) is 8.40. The first kappa shape index (κ1) is 10.5. The average Bonchev–Trinajstić information content (AvgIpc) is 2.05. The molecular weight excluding hydrogens is 134 g/mol. The first-order chi connectivity index (χ1) is 5.26. The summed E-state index contributed by atoms with van der Waals surface area (Å²) in [5.74, 6) is 3.40. The quantitative estimate of drug-likeness (QED) is 0.596. The second-order valence-electron chi connectivity index (χ2n) is 3.02. The Hall–Kier alpha value is -0.480. The fourth-order valence-electron chi connectivity index (χ4n) is 1.24. The van der Waals surface area contributed by atoms with Crippen molar-refractivity contribution in [2.75, 3.05) is 7.05 Å². The Morgan fingerprint density at radius 3 is 2.55 bits per heavy atom. The van der Waals surface area contributed by atoms with E-state index in [2.05, 4.69) is 25.1 Å². The summed E-state index contributed by atoms with van der Waals surface area (Å²) in [4.78, 5) is 0. The van der Waals surface area contributed by atoms with Gasteiger partial charge in [0.05, 0.1) is 0 Å². The first-order valence-corrected chi connectivity index (χ1v) is 4.37. The van der Waals surface area contributed by atoms with E-state index in [1.54, 1.807) is 0 Å². The van der Waals surface area contributed by atoms with Crippen LogP contribution in [0.4, 0.5) is 0 Å². The Labute approximate surface area is 70.6 Å². The molecule has 1 heteroatoms. The Kier molecular flexibility index (Phi) is 5.97. The summed E-state index contributed by atoms with van der Waals surface area (Å²) >= 11 is 0. The van der Waals surface area contributed by atoms with Crippen LogP contribution in [0.25, 0.3) is 0 Å². The lowest BCUT2D eigenvalue weighted by Gasteiger charge is -2.21. The van der Waals surface area contributed by atoms with Crippen LogP contribution in [0.1, 0.15) is 33.1 Å². The fraction of sp³-hybridized carbons (Fsp3) is 0.800. The topological polar surface area (TPSA) is 12.0 Å². The van der Waals surface area contributed by atoms with Crippen LogP contribution in [0.15, 0.2) is 0 Å². The first-order valence-electron chi connectivity index (χ1n) is 4.37. The summed E-state index contributed by atoms with van der Waals surface area (Å²) in [5.41, 5.74) is 0. The zero-order valence-electron chi connectivity index (χ0n) is 7.85. The highest BCUT2D eigenvalue weighted by atomic mass is 14.9. The summed E-state index contributed by atoms with van der Waals surface area (Å²) in [5, 5.41) is 3.29. The van der Waals surface area contributed by atoms with Crippen LogP contribution in [0.5, 0.6) is 0 Å². The zero-order chi connectivity index (χ0) is 8.69. The molecule has 0 aromatic carbocycles. The van der Waals surface area contributed by atoms with Crippen molar-refractivity contribution in [3.63, 3.8) is 0 Å². The summed E-state index contributed by atoms with van der Waals surface area (Å²) in [7, 11) is 2.01. The van der Waals surface area contributed by atoms with E-state index < -0.39 is 0 Å². The molecular formula is C10H19N. The van der Waals surface area contributed by atoms with Crippen LogP contribution in [-0.4, -0.2) is 13.1 Å². The van der Waals surface area contributed by atoms with Gasteiger partial charge in [0.25, 0.3) is 0 Å². The molecule has 2 unspecified atom stereocenters. The third-order valence-electron chi connectivity index (χ3n) is 2.30. The van der Waals surface area contributed by atoms with Crippen molar-refractivity contribution in [3.8, 4) is 12.3 Å². The molecule has 0 amide bonds. The molecule has 0 heterocycles. The van der Waals surface area contributed by atoms with Crippen molar-refractivity contribution in [2.45, 2.75) is 39.2 Å². The Bertz CT molecular complexity index is 123. The Morgan fingerprint density at radius 2 is 2.18 bits per heavy atom. The lowest BCUT2D eigenvalue weighted by atomic mass is 9.95. The van der Waals surface area contributed by atoms with E-state index >= 15 is 0 Å². The van der Waals surface area contributed by atoms with Crippen molar-refractivity contribution in [1.29, 1.82) is 0 Å². The van der Waals surface area contributed by atoms with Crippen LogP contribution >= 0.6 is 0 Å². The van der Waals surface area contributed by atoms with Gasteiger partial charge in [-0.05, 0) is 19.4 Å². The number of hydrogen-bond donors (Lipinski definition) is 1. The van der Waals surface area contributed by atoms with Crippen molar-refractivity contribution in [3.05, 3.63) is 0 Å². The van der Waals surface area contributed by atoms with E-state index in [1.807, 2.05) is 7.05 Å². The van der Waals surface area contributed by atoms with Gasteiger partial charge in [0.2, 0.25) is 0 Å². The van der Waals surface area contributed by atoms with E-state index in [4.69, 9.17) is 6.42 Å². The third kappa shape index (κ3) is 4.06. The van der Waals surface area contributed by atoms with Gasteiger partial charge < -0.3 is 5.32 Å². The Morgan fingerprint density at radius 1 is 1.55 bits per heavy atom. The maximum atomic E-state index is 5.20.